The van der Waals surface area contributed by atoms with Crippen molar-refractivity contribution in [1.29, 1.82) is 0 Å². The first kappa shape index (κ1) is 17.3. The molecule has 1 aliphatic heterocycles. The van der Waals surface area contributed by atoms with Gasteiger partial charge in [0.05, 0.1) is 18.1 Å². The van der Waals surface area contributed by atoms with Crippen molar-refractivity contribution in [2.24, 2.45) is 5.73 Å². The van der Waals surface area contributed by atoms with Gasteiger partial charge in [0, 0.05) is 12.1 Å². The lowest BCUT2D eigenvalue weighted by molar-refractivity contribution is -0.145. The minimum absolute atomic E-state index is 0.256. The Bertz CT molecular complexity index is 753. The predicted octanol–water partition coefficient (Wildman–Crippen LogP) is 1.36. The molecule has 1 saturated heterocycles. The van der Waals surface area contributed by atoms with Crippen LogP contribution in [0.15, 0.2) is 60.7 Å². The lowest BCUT2D eigenvalue weighted by Gasteiger charge is -2.35. The van der Waals surface area contributed by atoms with Gasteiger partial charge in [-0.05, 0) is 5.56 Å². The van der Waals surface area contributed by atoms with Crippen LogP contribution in [0.2, 0.25) is 0 Å². The molecule has 6 heteroatoms. The van der Waals surface area contributed by atoms with Crippen LogP contribution >= 0.6 is 0 Å². The summed E-state index contributed by atoms with van der Waals surface area (Å²) in [5.74, 6) is -1.03. The SMILES string of the molecule is NC(CC(=O)O)(c1ccccc1)C1CNC(C=O)(c2ccccc2)O1. The van der Waals surface area contributed by atoms with Gasteiger partial charge in [-0.2, -0.15) is 0 Å². The second-order valence-corrected chi connectivity index (χ2v) is 6.18. The Morgan fingerprint density at radius 1 is 1.24 bits per heavy atom. The van der Waals surface area contributed by atoms with Crippen molar-refractivity contribution in [3.05, 3.63) is 71.8 Å². The van der Waals surface area contributed by atoms with Gasteiger partial charge < -0.3 is 15.6 Å². The van der Waals surface area contributed by atoms with Crippen molar-refractivity contribution < 1.29 is 19.4 Å². The van der Waals surface area contributed by atoms with Gasteiger partial charge in [-0.15, -0.1) is 0 Å². The molecule has 3 atom stereocenters. The van der Waals surface area contributed by atoms with Gasteiger partial charge in [0.25, 0.3) is 0 Å². The van der Waals surface area contributed by atoms with Crippen LogP contribution in [0, 0.1) is 0 Å². The molecule has 1 heterocycles. The fourth-order valence-corrected chi connectivity index (χ4v) is 3.23. The van der Waals surface area contributed by atoms with E-state index in [4.69, 9.17) is 10.5 Å². The summed E-state index contributed by atoms with van der Waals surface area (Å²) >= 11 is 0. The molecule has 6 nitrogen and oxygen atoms in total. The van der Waals surface area contributed by atoms with E-state index in [9.17, 15) is 14.7 Å². The number of rotatable bonds is 6. The number of nitrogens with two attached hydrogens (primary N) is 1. The Hall–Kier alpha value is -2.54. The molecule has 2 aromatic carbocycles. The summed E-state index contributed by atoms with van der Waals surface area (Å²) in [7, 11) is 0. The van der Waals surface area contributed by atoms with Gasteiger partial charge in [0.2, 0.25) is 5.72 Å². The van der Waals surface area contributed by atoms with Crippen LogP contribution in [0.3, 0.4) is 0 Å². The first-order chi connectivity index (χ1) is 12.0. The molecule has 25 heavy (non-hydrogen) atoms. The summed E-state index contributed by atoms with van der Waals surface area (Å²) in [4.78, 5) is 23.2. The number of benzene rings is 2. The third kappa shape index (κ3) is 3.19. The van der Waals surface area contributed by atoms with Crippen LogP contribution in [0.4, 0.5) is 0 Å². The number of hydrogen-bond donors (Lipinski definition) is 3. The van der Waals surface area contributed by atoms with E-state index in [2.05, 4.69) is 5.32 Å². The molecule has 0 spiro atoms. The lowest BCUT2D eigenvalue weighted by Crippen LogP contribution is -2.51. The van der Waals surface area contributed by atoms with Crippen LogP contribution in [0.5, 0.6) is 0 Å². The first-order valence-electron chi connectivity index (χ1n) is 8.01. The predicted molar refractivity (Wildman–Crippen MR) is 91.6 cm³/mol. The number of hydrogen-bond acceptors (Lipinski definition) is 5. The fraction of sp³-hybridized carbons (Fsp3) is 0.263. The van der Waals surface area contributed by atoms with E-state index in [1.165, 1.54) is 0 Å². The van der Waals surface area contributed by atoms with Gasteiger partial charge >= 0.3 is 5.97 Å². The molecule has 1 fully saturated rings. The zero-order chi connectivity index (χ0) is 17.9. The second-order valence-electron chi connectivity index (χ2n) is 6.18. The lowest BCUT2D eigenvalue weighted by atomic mass is 9.82. The van der Waals surface area contributed by atoms with Crippen molar-refractivity contribution in [2.75, 3.05) is 6.54 Å². The summed E-state index contributed by atoms with van der Waals surface area (Å²) in [6, 6.07) is 18.0. The molecule has 0 aromatic heterocycles. The molecular formula is C19H20N2O4. The van der Waals surface area contributed by atoms with Crippen molar-refractivity contribution in [3.63, 3.8) is 0 Å². The van der Waals surface area contributed by atoms with Crippen molar-refractivity contribution in [2.45, 2.75) is 23.8 Å². The van der Waals surface area contributed by atoms with Gasteiger partial charge in [-0.1, -0.05) is 60.7 Å². The van der Waals surface area contributed by atoms with Gasteiger partial charge in [0.1, 0.15) is 0 Å². The second kappa shape index (κ2) is 6.76. The van der Waals surface area contributed by atoms with E-state index < -0.39 is 23.3 Å². The Kier molecular flexibility index (Phi) is 4.67. The molecule has 2 aromatic rings. The molecule has 3 unspecified atom stereocenters. The number of carboxylic acid groups (broad SMARTS) is 1. The number of carboxylic acids is 1. The quantitative estimate of drug-likeness (QED) is 0.686. The maximum Gasteiger partial charge on any atom is 0.305 e. The summed E-state index contributed by atoms with van der Waals surface area (Å²) in [6.45, 7) is 0.256. The van der Waals surface area contributed by atoms with Gasteiger partial charge in [-0.3, -0.25) is 14.9 Å². The third-order valence-corrected chi connectivity index (χ3v) is 4.58. The molecule has 3 rings (SSSR count). The summed E-state index contributed by atoms with van der Waals surface area (Å²) in [5.41, 5.74) is 5.23. The Morgan fingerprint density at radius 3 is 2.40 bits per heavy atom. The third-order valence-electron chi connectivity index (χ3n) is 4.58. The van der Waals surface area contributed by atoms with Crippen molar-refractivity contribution in [3.8, 4) is 0 Å². The molecule has 0 saturated carbocycles. The van der Waals surface area contributed by atoms with Gasteiger partial charge in [-0.25, -0.2) is 0 Å². The number of carbonyl (C=O) groups excluding carboxylic acids is 1. The van der Waals surface area contributed by atoms with E-state index in [1.54, 1.807) is 36.4 Å². The zero-order valence-corrected chi connectivity index (χ0v) is 13.6. The highest BCUT2D eigenvalue weighted by atomic mass is 16.5. The molecule has 1 aliphatic rings. The summed E-state index contributed by atoms with van der Waals surface area (Å²) < 4.78 is 6.04. The van der Waals surface area contributed by atoms with Crippen LogP contribution in [-0.4, -0.2) is 30.0 Å². The monoisotopic (exact) mass is 340 g/mol. The average molecular weight is 340 g/mol. The van der Waals surface area contributed by atoms with E-state index in [0.717, 1.165) is 0 Å². The normalized spacial score (nSPS) is 25.2. The average Bonchev–Trinajstić information content (AvgIpc) is 3.09. The van der Waals surface area contributed by atoms with Crippen LogP contribution < -0.4 is 11.1 Å². The topological polar surface area (TPSA) is 102 Å². The fourth-order valence-electron chi connectivity index (χ4n) is 3.23. The number of aliphatic carboxylic acids is 1. The maximum absolute atomic E-state index is 11.8. The van der Waals surface area contributed by atoms with Crippen molar-refractivity contribution in [1.82, 2.24) is 5.32 Å². The summed E-state index contributed by atoms with van der Waals surface area (Å²) in [6.07, 6.45) is -0.307. The Labute approximate surface area is 145 Å². The standard InChI is InChI=1S/C19H20N2O4/c20-18(11-17(23)24,14-7-3-1-4-8-14)16-12-21-19(13-22,25-16)15-9-5-2-6-10-15/h1-10,13,16,21H,11-12,20H2,(H,23,24). The highest BCUT2D eigenvalue weighted by molar-refractivity contribution is 5.70. The van der Waals surface area contributed by atoms with E-state index in [0.29, 0.717) is 17.4 Å². The zero-order valence-electron chi connectivity index (χ0n) is 13.6. The molecule has 130 valence electrons. The Morgan fingerprint density at radius 2 is 1.84 bits per heavy atom. The van der Waals surface area contributed by atoms with Crippen molar-refractivity contribution >= 4 is 12.3 Å². The smallest absolute Gasteiger partial charge is 0.305 e. The first-order valence-corrected chi connectivity index (χ1v) is 8.01. The largest absolute Gasteiger partial charge is 0.481 e. The molecular weight excluding hydrogens is 320 g/mol. The Balaban J connectivity index is 1.96. The molecule has 0 radical (unpaired) electrons. The van der Waals surface area contributed by atoms with E-state index in [-0.39, 0.29) is 13.0 Å². The molecule has 0 aliphatic carbocycles. The van der Waals surface area contributed by atoms with Crippen LogP contribution in [0.1, 0.15) is 17.5 Å². The molecule has 4 N–H and O–H groups in total. The van der Waals surface area contributed by atoms with Crippen LogP contribution in [-0.2, 0) is 25.6 Å². The number of carbonyl (C=O) groups is 2. The highest BCUT2D eigenvalue weighted by Crippen LogP contribution is 2.36. The van der Waals surface area contributed by atoms with Crippen LogP contribution in [0.25, 0.3) is 0 Å². The van der Waals surface area contributed by atoms with E-state index in [1.807, 2.05) is 24.3 Å². The number of ether oxygens (including phenoxy) is 1. The minimum atomic E-state index is -1.33. The molecule has 0 bridgehead atoms. The highest BCUT2D eigenvalue weighted by Gasteiger charge is 2.50. The van der Waals surface area contributed by atoms with Gasteiger partial charge in [0.15, 0.2) is 6.29 Å². The molecule has 0 amide bonds. The minimum Gasteiger partial charge on any atom is -0.481 e. The van der Waals surface area contributed by atoms with E-state index >= 15 is 0 Å². The maximum atomic E-state index is 11.8. The summed E-state index contributed by atoms with van der Waals surface area (Å²) in [5, 5.41) is 12.4. The number of aldehydes is 1. The number of nitrogens with one attached hydrogen (secondary N) is 1.